The van der Waals surface area contributed by atoms with Crippen LogP contribution < -0.4 is 0 Å². The zero-order valence-electron chi connectivity index (χ0n) is 52.7. The van der Waals surface area contributed by atoms with E-state index in [1.165, 1.54) is 283 Å². The summed E-state index contributed by atoms with van der Waals surface area (Å²) in [5.74, 6) is -0.852. The average Bonchev–Trinajstić information content (AvgIpc) is 3.44. The maximum atomic E-state index is 12.9. The first-order valence-corrected chi connectivity index (χ1v) is 35.0. The van der Waals surface area contributed by atoms with Gasteiger partial charge in [0.05, 0.1) is 0 Å². The molecule has 1 unspecified atom stereocenters. The van der Waals surface area contributed by atoms with Gasteiger partial charge in [0.25, 0.3) is 0 Å². The van der Waals surface area contributed by atoms with Crippen molar-refractivity contribution in [3.63, 3.8) is 0 Å². The van der Waals surface area contributed by atoms with Crippen molar-refractivity contribution in [3.05, 3.63) is 36.5 Å². The van der Waals surface area contributed by atoms with Gasteiger partial charge in [-0.15, -0.1) is 0 Å². The Morgan fingerprint density at radius 1 is 0.256 bits per heavy atom. The molecule has 6 heteroatoms. The van der Waals surface area contributed by atoms with E-state index in [0.29, 0.717) is 19.3 Å². The average molecular weight is 1100 g/mol. The molecule has 0 saturated heterocycles. The first kappa shape index (κ1) is 75.6. The molecule has 0 radical (unpaired) electrons. The van der Waals surface area contributed by atoms with Crippen molar-refractivity contribution in [3.8, 4) is 0 Å². The molecule has 0 aliphatic heterocycles. The van der Waals surface area contributed by atoms with E-state index >= 15 is 0 Å². The highest BCUT2D eigenvalue weighted by molar-refractivity contribution is 5.71. The van der Waals surface area contributed by atoms with Crippen molar-refractivity contribution in [1.29, 1.82) is 0 Å². The molecule has 0 fully saturated rings. The van der Waals surface area contributed by atoms with Crippen LogP contribution >= 0.6 is 0 Å². The second-order valence-corrected chi connectivity index (χ2v) is 23.8. The molecule has 0 aliphatic carbocycles. The number of ether oxygens (including phenoxy) is 3. The molecule has 0 saturated carbocycles. The van der Waals surface area contributed by atoms with Crippen LogP contribution in [0, 0.1) is 0 Å². The second-order valence-electron chi connectivity index (χ2n) is 23.8. The Morgan fingerprint density at radius 3 is 0.718 bits per heavy atom. The summed E-state index contributed by atoms with van der Waals surface area (Å²) >= 11 is 0. The largest absolute Gasteiger partial charge is 0.462 e. The highest BCUT2D eigenvalue weighted by atomic mass is 16.6. The van der Waals surface area contributed by atoms with E-state index in [4.69, 9.17) is 14.2 Å². The molecule has 6 nitrogen and oxygen atoms in total. The topological polar surface area (TPSA) is 78.9 Å². The lowest BCUT2D eigenvalue weighted by Gasteiger charge is -2.18. The lowest BCUT2D eigenvalue weighted by Crippen LogP contribution is -2.30. The summed E-state index contributed by atoms with van der Waals surface area (Å²) < 4.78 is 16.9. The molecule has 0 amide bonds. The monoisotopic (exact) mass is 1100 g/mol. The number of rotatable bonds is 65. The predicted octanol–water partition coefficient (Wildman–Crippen LogP) is 23.9. The summed E-state index contributed by atoms with van der Waals surface area (Å²) in [5.41, 5.74) is 0. The first-order valence-electron chi connectivity index (χ1n) is 35.0. The third-order valence-electron chi connectivity index (χ3n) is 15.9. The number of carbonyl (C=O) groups excluding carboxylic acids is 3. The minimum Gasteiger partial charge on any atom is -0.462 e. The fourth-order valence-corrected chi connectivity index (χ4v) is 10.6. The summed E-state index contributed by atoms with van der Waals surface area (Å²) in [6, 6.07) is 0. The van der Waals surface area contributed by atoms with Gasteiger partial charge >= 0.3 is 17.9 Å². The third-order valence-corrected chi connectivity index (χ3v) is 15.9. The highest BCUT2D eigenvalue weighted by Gasteiger charge is 2.19. The zero-order valence-corrected chi connectivity index (χ0v) is 52.7. The normalized spacial score (nSPS) is 12.2. The fraction of sp³-hybridized carbons (Fsp3) is 0.875. The summed E-state index contributed by atoms with van der Waals surface area (Å²) in [7, 11) is 0. The lowest BCUT2D eigenvalue weighted by molar-refractivity contribution is -0.167. The molecule has 0 rings (SSSR count). The van der Waals surface area contributed by atoms with Crippen molar-refractivity contribution in [2.45, 2.75) is 393 Å². The maximum absolute atomic E-state index is 12.9. The molecular weight excluding hydrogens is 961 g/mol. The minimum absolute atomic E-state index is 0.0674. The molecule has 0 aliphatic rings. The molecular formula is C72H134O6. The van der Waals surface area contributed by atoms with Crippen LogP contribution in [0.2, 0.25) is 0 Å². The van der Waals surface area contributed by atoms with Crippen molar-refractivity contribution in [2.24, 2.45) is 0 Å². The van der Waals surface area contributed by atoms with Crippen LogP contribution in [-0.2, 0) is 28.6 Å². The van der Waals surface area contributed by atoms with Gasteiger partial charge in [-0.25, -0.2) is 0 Å². The number of carbonyl (C=O) groups is 3. The van der Waals surface area contributed by atoms with Gasteiger partial charge in [0.1, 0.15) is 13.2 Å². The number of esters is 3. The standard InChI is InChI=1S/C72H134O6/c1-4-7-10-13-16-18-20-22-24-26-28-30-32-34-36-38-40-42-44-46-48-50-52-54-56-59-62-65-71(74)77-68-69(67-76-70(73)64-61-58-15-12-9-6-3)78-72(75)66-63-60-57-55-53-51-49-47-45-43-41-39-37-35-33-31-29-27-25-23-21-19-17-14-11-8-5-2/h20,22,26-29,69H,4-19,21,23-25,30-68H2,1-3H3/b22-20-,28-26-,29-27-. The van der Waals surface area contributed by atoms with E-state index in [9.17, 15) is 14.4 Å². The number of hydrogen-bond acceptors (Lipinski definition) is 6. The molecule has 0 aromatic heterocycles. The first-order chi connectivity index (χ1) is 38.5. The highest BCUT2D eigenvalue weighted by Crippen LogP contribution is 2.18. The van der Waals surface area contributed by atoms with E-state index in [1.54, 1.807) is 0 Å². The Kier molecular flexibility index (Phi) is 65.1. The van der Waals surface area contributed by atoms with E-state index in [2.05, 4.69) is 57.2 Å². The Morgan fingerprint density at radius 2 is 0.462 bits per heavy atom. The minimum atomic E-state index is -0.767. The van der Waals surface area contributed by atoms with Gasteiger partial charge < -0.3 is 14.2 Å². The van der Waals surface area contributed by atoms with Gasteiger partial charge in [-0.1, -0.05) is 327 Å². The Hall–Kier alpha value is -2.37. The maximum Gasteiger partial charge on any atom is 0.306 e. The van der Waals surface area contributed by atoms with Gasteiger partial charge in [0.2, 0.25) is 0 Å². The molecule has 0 aromatic rings. The Labute approximate surface area is 486 Å². The molecule has 1 atom stereocenters. The van der Waals surface area contributed by atoms with Crippen molar-refractivity contribution >= 4 is 17.9 Å². The van der Waals surface area contributed by atoms with E-state index < -0.39 is 6.10 Å². The van der Waals surface area contributed by atoms with Crippen molar-refractivity contribution in [1.82, 2.24) is 0 Å². The fourth-order valence-electron chi connectivity index (χ4n) is 10.6. The molecule has 0 bridgehead atoms. The quantitative estimate of drug-likeness (QED) is 0.0261. The van der Waals surface area contributed by atoms with Gasteiger partial charge in [-0.2, -0.15) is 0 Å². The van der Waals surface area contributed by atoms with Crippen molar-refractivity contribution < 1.29 is 28.6 Å². The Balaban J connectivity index is 3.99. The summed E-state index contributed by atoms with van der Waals surface area (Å²) in [6.07, 6.45) is 83.6. The van der Waals surface area contributed by atoms with Gasteiger partial charge in [-0.05, 0) is 77.0 Å². The summed E-state index contributed by atoms with van der Waals surface area (Å²) in [4.78, 5) is 38.1. The molecule has 0 aromatic carbocycles. The predicted molar refractivity (Wildman–Crippen MR) is 339 cm³/mol. The van der Waals surface area contributed by atoms with Crippen LogP contribution in [0.25, 0.3) is 0 Å². The van der Waals surface area contributed by atoms with Crippen LogP contribution in [0.5, 0.6) is 0 Å². The van der Waals surface area contributed by atoms with Gasteiger partial charge in [0.15, 0.2) is 6.10 Å². The summed E-state index contributed by atoms with van der Waals surface area (Å²) in [5, 5.41) is 0. The SMILES string of the molecule is CCCCCCC/C=C\C/C=C\CCCCCCCCCCCCCCCCCC(=O)OCC(COC(=O)CCCCCCCC)OC(=O)CCCCCCCCCCCCCCCCC/C=C\CCCCCCCCCC. The van der Waals surface area contributed by atoms with Crippen LogP contribution in [0.3, 0.4) is 0 Å². The lowest BCUT2D eigenvalue weighted by atomic mass is 10.0. The van der Waals surface area contributed by atoms with E-state index in [-0.39, 0.29) is 31.1 Å². The number of unbranched alkanes of at least 4 members (excludes halogenated alkanes) is 48. The van der Waals surface area contributed by atoms with Crippen LogP contribution in [-0.4, -0.2) is 37.2 Å². The van der Waals surface area contributed by atoms with Crippen molar-refractivity contribution in [2.75, 3.05) is 13.2 Å². The second kappa shape index (κ2) is 67.1. The van der Waals surface area contributed by atoms with E-state index in [0.717, 1.165) is 64.2 Å². The molecule has 0 N–H and O–H groups in total. The molecule has 78 heavy (non-hydrogen) atoms. The van der Waals surface area contributed by atoms with Crippen LogP contribution in [0.4, 0.5) is 0 Å². The van der Waals surface area contributed by atoms with Crippen LogP contribution in [0.1, 0.15) is 387 Å². The van der Waals surface area contributed by atoms with E-state index in [1.807, 2.05) is 0 Å². The number of allylic oxidation sites excluding steroid dienone is 6. The molecule has 0 spiro atoms. The van der Waals surface area contributed by atoms with Crippen LogP contribution in [0.15, 0.2) is 36.5 Å². The molecule has 458 valence electrons. The third kappa shape index (κ3) is 64.5. The molecule has 0 heterocycles. The van der Waals surface area contributed by atoms with Gasteiger partial charge in [-0.3, -0.25) is 14.4 Å². The smallest absolute Gasteiger partial charge is 0.306 e. The summed E-state index contributed by atoms with van der Waals surface area (Å²) in [6.45, 7) is 6.63. The Bertz CT molecular complexity index is 1300. The van der Waals surface area contributed by atoms with Gasteiger partial charge in [0, 0.05) is 19.3 Å². The number of hydrogen-bond donors (Lipinski definition) is 0. The zero-order chi connectivity index (χ0) is 56.4.